The molecule has 0 atom stereocenters. The normalized spacial score (nSPS) is 12.9. The number of H-pyrrole nitrogens is 1. The fourth-order valence-corrected chi connectivity index (χ4v) is 1.73. The van der Waals surface area contributed by atoms with Gasteiger partial charge in [-0.25, -0.2) is 4.39 Å². The van der Waals surface area contributed by atoms with Crippen molar-refractivity contribution in [2.75, 3.05) is 0 Å². The van der Waals surface area contributed by atoms with Crippen molar-refractivity contribution in [3.05, 3.63) is 24.1 Å². The molecule has 0 amide bonds. The van der Waals surface area contributed by atoms with Crippen LogP contribution in [0.25, 0.3) is 10.9 Å². The van der Waals surface area contributed by atoms with Crippen molar-refractivity contribution in [3.63, 3.8) is 0 Å². The summed E-state index contributed by atoms with van der Waals surface area (Å²) in [6, 6.07) is 2.49. The summed E-state index contributed by atoms with van der Waals surface area (Å²) in [4.78, 5) is 0. The first-order valence-electron chi connectivity index (χ1n) is 6.32. The summed E-state index contributed by atoms with van der Waals surface area (Å²) in [5.74, 6) is -0.500. The Bertz CT molecular complexity index is 622. The van der Waals surface area contributed by atoms with E-state index >= 15 is 0 Å². The van der Waals surface area contributed by atoms with Gasteiger partial charge >= 0.3 is 7.12 Å². The Hall–Kier alpha value is -1.44. The van der Waals surface area contributed by atoms with E-state index in [-0.39, 0.29) is 5.46 Å². The molecule has 0 aliphatic heterocycles. The smallest absolute Gasteiger partial charge is 0.423 e. The molecule has 7 heteroatoms. The maximum absolute atomic E-state index is 13.5. The number of aromatic amines is 1. The minimum Gasteiger partial charge on any atom is -0.423 e. The molecule has 0 fully saturated rings. The standard InChI is InChI=1S/C13H18BFN2O3/c1-12(2,18)13(3,4)20-14(19)10-5-8(15)6-11-9(10)7-16-17-11/h5-7,18-19H,1-4H3,(H,16,17). The lowest BCUT2D eigenvalue weighted by molar-refractivity contribution is -0.0982. The largest absolute Gasteiger partial charge is 0.492 e. The lowest BCUT2D eigenvalue weighted by Crippen LogP contribution is -2.53. The first-order chi connectivity index (χ1) is 9.12. The van der Waals surface area contributed by atoms with Crippen molar-refractivity contribution in [3.8, 4) is 0 Å². The zero-order valence-corrected chi connectivity index (χ0v) is 11.9. The highest BCUT2D eigenvalue weighted by atomic mass is 19.1. The van der Waals surface area contributed by atoms with Gasteiger partial charge in [0.2, 0.25) is 0 Å². The molecule has 108 valence electrons. The Morgan fingerprint density at radius 2 is 1.95 bits per heavy atom. The Morgan fingerprint density at radius 1 is 1.30 bits per heavy atom. The molecule has 0 spiro atoms. The fraction of sp³-hybridized carbons (Fsp3) is 0.462. The maximum atomic E-state index is 13.5. The zero-order chi connectivity index (χ0) is 15.1. The summed E-state index contributed by atoms with van der Waals surface area (Å²) >= 11 is 0. The second kappa shape index (κ2) is 4.84. The third-order valence-corrected chi connectivity index (χ3v) is 3.70. The topological polar surface area (TPSA) is 78.4 Å². The predicted octanol–water partition coefficient (Wildman–Crippen LogP) is 0.956. The van der Waals surface area contributed by atoms with E-state index in [1.807, 2.05) is 0 Å². The molecular weight excluding hydrogens is 262 g/mol. The van der Waals surface area contributed by atoms with Crippen LogP contribution in [-0.2, 0) is 4.65 Å². The third-order valence-electron chi connectivity index (χ3n) is 3.70. The van der Waals surface area contributed by atoms with Gasteiger partial charge in [-0.2, -0.15) is 5.10 Å². The van der Waals surface area contributed by atoms with Crippen LogP contribution in [0.15, 0.2) is 18.3 Å². The van der Waals surface area contributed by atoms with Gasteiger partial charge in [0.05, 0.1) is 22.9 Å². The summed E-state index contributed by atoms with van der Waals surface area (Å²) in [7, 11) is -1.37. The average Bonchev–Trinajstić information content (AvgIpc) is 2.73. The van der Waals surface area contributed by atoms with Gasteiger partial charge in [-0.05, 0) is 45.3 Å². The summed E-state index contributed by atoms with van der Waals surface area (Å²) < 4.78 is 19.1. The molecule has 20 heavy (non-hydrogen) atoms. The molecule has 0 radical (unpaired) electrons. The molecule has 1 aromatic carbocycles. The van der Waals surface area contributed by atoms with Crippen LogP contribution >= 0.6 is 0 Å². The number of hydrogen-bond donors (Lipinski definition) is 3. The highest BCUT2D eigenvalue weighted by Crippen LogP contribution is 2.25. The number of benzene rings is 1. The molecule has 1 heterocycles. The average molecular weight is 280 g/mol. The number of hydrogen-bond acceptors (Lipinski definition) is 4. The monoisotopic (exact) mass is 280 g/mol. The Kier molecular flexibility index (Phi) is 3.62. The lowest BCUT2D eigenvalue weighted by atomic mass is 9.75. The van der Waals surface area contributed by atoms with Crippen LogP contribution in [0.2, 0.25) is 0 Å². The number of rotatable bonds is 4. The fourth-order valence-electron chi connectivity index (χ4n) is 1.73. The highest BCUT2D eigenvalue weighted by Gasteiger charge is 2.40. The first-order valence-corrected chi connectivity index (χ1v) is 6.32. The van der Waals surface area contributed by atoms with Crippen LogP contribution in [0.3, 0.4) is 0 Å². The first kappa shape index (κ1) is 15.0. The van der Waals surface area contributed by atoms with E-state index in [0.29, 0.717) is 10.9 Å². The van der Waals surface area contributed by atoms with Crippen LogP contribution in [0, 0.1) is 5.82 Å². The van der Waals surface area contributed by atoms with E-state index in [0.717, 1.165) is 0 Å². The zero-order valence-electron chi connectivity index (χ0n) is 11.9. The molecule has 0 bridgehead atoms. The van der Waals surface area contributed by atoms with Crippen molar-refractivity contribution in [1.82, 2.24) is 10.2 Å². The number of nitrogens with one attached hydrogen (secondary N) is 1. The van der Waals surface area contributed by atoms with E-state index in [4.69, 9.17) is 4.65 Å². The van der Waals surface area contributed by atoms with Gasteiger partial charge in [-0.3, -0.25) is 5.10 Å². The van der Waals surface area contributed by atoms with Crippen LogP contribution in [0.4, 0.5) is 4.39 Å². The SMILES string of the molecule is CC(C)(O)C(C)(C)OB(O)c1cc(F)cc2[nH]ncc12. The molecule has 1 aromatic heterocycles. The van der Waals surface area contributed by atoms with E-state index in [2.05, 4.69) is 10.2 Å². The molecule has 2 aromatic rings. The quantitative estimate of drug-likeness (QED) is 0.729. The van der Waals surface area contributed by atoms with Crippen molar-refractivity contribution < 1.29 is 19.2 Å². The minimum atomic E-state index is -1.37. The van der Waals surface area contributed by atoms with Gasteiger partial charge < -0.3 is 14.8 Å². The summed E-state index contributed by atoms with van der Waals surface area (Å²) in [6.45, 7) is 6.47. The molecule has 0 saturated heterocycles. The van der Waals surface area contributed by atoms with Crippen LogP contribution in [0.1, 0.15) is 27.7 Å². The second-order valence-electron chi connectivity index (χ2n) is 5.87. The number of aliphatic hydroxyl groups is 1. The van der Waals surface area contributed by atoms with E-state index in [1.165, 1.54) is 18.3 Å². The Labute approximate surface area is 116 Å². The van der Waals surface area contributed by atoms with E-state index in [9.17, 15) is 14.5 Å². The lowest BCUT2D eigenvalue weighted by Gasteiger charge is -2.38. The third kappa shape index (κ3) is 2.70. The molecule has 0 unspecified atom stereocenters. The van der Waals surface area contributed by atoms with Crippen LogP contribution in [0.5, 0.6) is 0 Å². The van der Waals surface area contributed by atoms with Crippen LogP contribution < -0.4 is 5.46 Å². The minimum absolute atomic E-state index is 0.270. The molecule has 2 rings (SSSR count). The molecule has 5 nitrogen and oxygen atoms in total. The molecule has 0 aliphatic carbocycles. The second-order valence-corrected chi connectivity index (χ2v) is 5.87. The molecule has 0 aliphatic rings. The Balaban J connectivity index is 2.37. The van der Waals surface area contributed by atoms with Gasteiger partial charge in [-0.1, -0.05) is 0 Å². The summed E-state index contributed by atoms with van der Waals surface area (Å²) in [6.07, 6.45) is 1.49. The van der Waals surface area contributed by atoms with Gasteiger partial charge in [0, 0.05) is 5.39 Å². The molecular formula is C13H18BFN2O3. The summed E-state index contributed by atoms with van der Waals surface area (Å²) in [5, 5.41) is 27.3. The van der Waals surface area contributed by atoms with Crippen molar-refractivity contribution in [2.45, 2.75) is 38.9 Å². The van der Waals surface area contributed by atoms with Crippen molar-refractivity contribution in [2.24, 2.45) is 0 Å². The van der Waals surface area contributed by atoms with E-state index < -0.39 is 24.1 Å². The van der Waals surface area contributed by atoms with E-state index in [1.54, 1.807) is 27.7 Å². The van der Waals surface area contributed by atoms with Crippen molar-refractivity contribution in [1.29, 1.82) is 0 Å². The summed E-state index contributed by atoms with van der Waals surface area (Å²) in [5.41, 5.74) is -1.44. The van der Waals surface area contributed by atoms with Gasteiger partial charge in [0.25, 0.3) is 0 Å². The maximum Gasteiger partial charge on any atom is 0.492 e. The molecule has 3 N–H and O–H groups in total. The van der Waals surface area contributed by atoms with Gasteiger partial charge in [-0.15, -0.1) is 0 Å². The predicted molar refractivity (Wildman–Crippen MR) is 75.1 cm³/mol. The number of halogens is 1. The number of fused-ring (bicyclic) bond motifs is 1. The highest BCUT2D eigenvalue weighted by molar-refractivity contribution is 6.63. The van der Waals surface area contributed by atoms with Crippen molar-refractivity contribution >= 4 is 23.5 Å². The Morgan fingerprint density at radius 3 is 2.55 bits per heavy atom. The molecule has 0 saturated carbocycles. The van der Waals surface area contributed by atoms with Gasteiger partial charge in [0.15, 0.2) is 0 Å². The number of nitrogens with zero attached hydrogens (tertiary/aromatic N) is 1. The number of aromatic nitrogens is 2. The van der Waals surface area contributed by atoms with Crippen LogP contribution in [-0.4, -0.2) is 38.6 Å². The van der Waals surface area contributed by atoms with Gasteiger partial charge in [0.1, 0.15) is 5.82 Å².